The number of hydrogen-bond donors (Lipinski definition) is 1. The summed E-state index contributed by atoms with van der Waals surface area (Å²) >= 11 is 1.69. The van der Waals surface area contributed by atoms with Crippen molar-refractivity contribution in [3.05, 3.63) is 59.9 Å². The van der Waals surface area contributed by atoms with Crippen LogP contribution < -0.4 is 9.62 Å². The van der Waals surface area contributed by atoms with Crippen molar-refractivity contribution >= 4 is 33.4 Å². The molecule has 0 aliphatic carbocycles. The summed E-state index contributed by atoms with van der Waals surface area (Å²) in [6, 6.07) is 11.8. The normalized spacial score (nSPS) is 11.9. The van der Waals surface area contributed by atoms with E-state index in [0.29, 0.717) is 12.3 Å². The summed E-state index contributed by atoms with van der Waals surface area (Å²) in [7, 11) is -4.11. The molecule has 29 heavy (non-hydrogen) atoms. The first-order valence-corrected chi connectivity index (χ1v) is 11.7. The first-order chi connectivity index (χ1) is 13.5. The van der Waals surface area contributed by atoms with Gasteiger partial charge in [0.1, 0.15) is 12.4 Å². The highest BCUT2D eigenvalue weighted by molar-refractivity contribution is 8.00. The fourth-order valence-electron chi connectivity index (χ4n) is 2.53. The van der Waals surface area contributed by atoms with Gasteiger partial charge in [-0.15, -0.1) is 0 Å². The Morgan fingerprint density at radius 3 is 2.31 bits per heavy atom. The summed E-state index contributed by atoms with van der Waals surface area (Å²) in [5.41, 5.74) is 0.739. The standard InChI is InChI=1S/C21H27FN2O3S2/c1-16-9-11-17(12-10-16)29(26,27)24(19-8-6-5-7-18(19)22)15-20(25)23-13-14-28-21(2,3)4/h5-12H,13-15H2,1-4H3,(H,23,25). The number of carbonyl (C=O) groups is 1. The Balaban J connectivity index is 2.24. The number of anilines is 1. The fraction of sp³-hybridized carbons (Fsp3) is 0.381. The molecule has 0 fully saturated rings. The van der Waals surface area contributed by atoms with Gasteiger partial charge in [-0.1, -0.05) is 50.6 Å². The van der Waals surface area contributed by atoms with Crippen molar-refractivity contribution < 1.29 is 17.6 Å². The average molecular weight is 439 g/mol. The third kappa shape index (κ3) is 6.75. The molecule has 0 aliphatic heterocycles. The zero-order chi connectivity index (χ0) is 21.7. The molecule has 0 saturated heterocycles. The number of thioether (sulfide) groups is 1. The molecule has 8 heteroatoms. The van der Waals surface area contributed by atoms with Crippen molar-refractivity contribution in [3.8, 4) is 0 Å². The van der Waals surface area contributed by atoms with Gasteiger partial charge in [0, 0.05) is 17.0 Å². The Morgan fingerprint density at radius 1 is 1.10 bits per heavy atom. The summed E-state index contributed by atoms with van der Waals surface area (Å²) in [6.07, 6.45) is 0. The highest BCUT2D eigenvalue weighted by atomic mass is 32.2. The number of halogens is 1. The van der Waals surface area contributed by atoms with Gasteiger partial charge in [-0.25, -0.2) is 12.8 Å². The van der Waals surface area contributed by atoms with Crippen LogP contribution in [0.3, 0.4) is 0 Å². The van der Waals surface area contributed by atoms with Gasteiger partial charge < -0.3 is 5.32 Å². The quantitative estimate of drug-likeness (QED) is 0.633. The maximum atomic E-state index is 14.4. The molecule has 2 aromatic carbocycles. The highest BCUT2D eigenvalue weighted by Gasteiger charge is 2.29. The summed E-state index contributed by atoms with van der Waals surface area (Å²) in [5.74, 6) is -0.502. The van der Waals surface area contributed by atoms with E-state index < -0.39 is 28.3 Å². The molecule has 0 saturated carbocycles. The number of rotatable bonds is 8. The van der Waals surface area contributed by atoms with E-state index in [0.717, 1.165) is 9.87 Å². The molecule has 1 amide bonds. The maximum Gasteiger partial charge on any atom is 0.264 e. The number of hydrogen-bond acceptors (Lipinski definition) is 4. The van der Waals surface area contributed by atoms with Crippen LogP contribution in [0.2, 0.25) is 0 Å². The Labute approximate surface area is 176 Å². The molecule has 2 aromatic rings. The van der Waals surface area contributed by atoms with Crippen LogP contribution >= 0.6 is 11.8 Å². The van der Waals surface area contributed by atoms with E-state index in [2.05, 4.69) is 26.1 Å². The van der Waals surface area contributed by atoms with Crippen LogP contribution in [0.1, 0.15) is 26.3 Å². The van der Waals surface area contributed by atoms with E-state index >= 15 is 0 Å². The Hall–Kier alpha value is -2.06. The van der Waals surface area contributed by atoms with Crippen molar-refractivity contribution in [2.75, 3.05) is 23.1 Å². The van der Waals surface area contributed by atoms with Gasteiger partial charge >= 0.3 is 0 Å². The first-order valence-electron chi connectivity index (χ1n) is 9.25. The van der Waals surface area contributed by atoms with Gasteiger partial charge in [0.25, 0.3) is 10.0 Å². The molecule has 158 valence electrons. The second kappa shape index (κ2) is 9.63. The molecular formula is C21H27FN2O3S2. The van der Waals surface area contributed by atoms with E-state index in [9.17, 15) is 17.6 Å². The van der Waals surface area contributed by atoms with Crippen LogP contribution in [0.15, 0.2) is 53.4 Å². The van der Waals surface area contributed by atoms with Gasteiger partial charge in [0.2, 0.25) is 5.91 Å². The molecule has 0 radical (unpaired) electrons. The van der Waals surface area contributed by atoms with Gasteiger partial charge in [0.05, 0.1) is 10.6 Å². The number of para-hydroxylation sites is 1. The average Bonchev–Trinajstić information content (AvgIpc) is 2.63. The molecule has 0 atom stereocenters. The third-order valence-electron chi connectivity index (χ3n) is 3.98. The number of benzene rings is 2. The summed E-state index contributed by atoms with van der Waals surface area (Å²) in [4.78, 5) is 12.4. The molecule has 0 heterocycles. The minimum atomic E-state index is -4.11. The Bertz CT molecular complexity index is 939. The lowest BCUT2D eigenvalue weighted by Gasteiger charge is -2.24. The number of nitrogens with zero attached hydrogens (tertiary/aromatic N) is 1. The number of nitrogens with one attached hydrogen (secondary N) is 1. The Morgan fingerprint density at radius 2 is 1.72 bits per heavy atom. The van der Waals surface area contributed by atoms with E-state index in [4.69, 9.17) is 0 Å². The number of carbonyl (C=O) groups excluding carboxylic acids is 1. The van der Waals surface area contributed by atoms with Crippen molar-refractivity contribution in [2.45, 2.75) is 37.3 Å². The van der Waals surface area contributed by atoms with E-state index in [1.54, 1.807) is 23.9 Å². The predicted octanol–water partition coefficient (Wildman–Crippen LogP) is 3.98. The van der Waals surface area contributed by atoms with Gasteiger partial charge in [0.15, 0.2) is 0 Å². The highest BCUT2D eigenvalue weighted by Crippen LogP contribution is 2.26. The predicted molar refractivity (Wildman–Crippen MR) is 117 cm³/mol. The minimum Gasteiger partial charge on any atom is -0.354 e. The van der Waals surface area contributed by atoms with E-state index in [-0.39, 0.29) is 15.3 Å². The number of aryl methyl sites for hydroxylation is 1. The monoisotopic (exact) mass is 438 g/mol. The van der Waals surface area contributed by atoms with Crippen molar-refractivity contribution in [2.24, 2.45) is 0 Å². The summed E-state index contributed by atoms with van der Waals surface area (Å²) < 4.78 is 41.6. The second-order valence-corrected chi connectivity index (χ2v) is 11.4. The molecule has 2 rings (SSSR count). The SMILES string of the molecule is Cc1ccc(S(=O)(=O)N(CC(=O)NCCSC(C)(C)C)c2ccccc2F)cc1. The second-order valence-electron chi connectivity index (χ2n) is 7.59. The van der Waals surface area contributed by atoms with Gasteiger partial charge in [-0.05, 0) is 31.2 Å². The van der Waals surface area contributed by atoms with Crippen LogP contribution in [-0.4, -0.2) is 37.9 Å². The summed E-state index contributed by atoms with van der Waals surface area (Å²) in [6.45, 7) is 7.97. The molecule has 0 bridgehead atoms. The minimum absolute atomic E-state index is 0.00226. The fourth-order valence-corrected chi connectivity index (χ4v) is 4.77. The number of amides is 1. The largest absolute Gasteiger partial charge is 0.354 e. The first kappa shape index (κ1) is 23.2. The van der Waals surface area contributed by atoms with Gasteiger partial charge in [-0.3, -0.25) is 9.10 Å². The van der Waals surface area contributed by atoms with E-state index in [1.165, 1.54) is 36.4 Å². The van der Waals surface area contributed by atoms with Gasteiger partial charge in [-0.2, -0.15) is 11.8 Å². The molecule has 0 unspecified atom stereocenters. The van der Waals surface area contributed by atoms with Crippen LogP contribution in [0.25, 0.3) is 0 Å². The van der Waals surface area contributed by atoms with Crippen LogP contribution in [0.5, 0.6) is 0 Å². The topological polar surface area (TPSA) is 66.5 Å². The maximum absolute atomic E-state index is 14.4. The van der Waals surface area contributed by atoms with Crippen LogP contribution in [-0.2, 0) is 14.8 Å². The lowest BCUT2D eigenvalue weighted by Crippen LogP contribution is -2.42. The molecule has 5 nitrogen and oxygen atoms in total. The Kier molecular flexibility index (Phi) is 7.71. The molecule has 0 aliphatic rings. The van der Waals surface area contributed by atoms with Crippen LogP contribution in [0.4, 0.5) is 10.1 Å². The molecular weight excluding hydrogens is 411 g/mol. The van der Waals surface area contributed by atoms with Crippen molar-refractivity contribution in [1.82, 2.24) is 5.32 Å². The van der Waals surface area contributed by atoms with Crippen LogP contribution in [0, 0.1) is 12.7 Å². The summed E-state index contributed by atoms with van der Waals surface area (Å²) in [5, 5.41) is 2.72. The lowest BCUT2D eigenvalue weighted by molar-refractivity contribution is -0.119. The lowest BCUT2D eigenvalue weighted by atomic mass is 10.2. The number of sulfonamides is 1. The smallest absolute Gasteiger partial charge is 0.264 e. The molecule has 0 spiro atoms. The third-order valence-corrected chi connectivity index (χ3v) is 7.02. The molecule has 1 N–H and O–H groups in total. The van der Waals surface area contributed by atoms with E-state index in [1.807, 2.05) is 6.92 Å². The molecule has 0 aromatic heterocycles. The van der Waals surface area contributed by atoms with Crippen molar-refractivity contribution in [1.29, 1.82) is 0 Å². The zero-order valence-corrected chi connectivity index (χ0v) is 18.7. The van der Waals surface area contributed by atoms with Crippen molar-refractivity contribution in [3.63, 3.8) is 0 Å². The zero-order valence-electron chi connectivity index (χ0n) is 17.1.